The number of nitrogens with one attached hydrogen (secondary N) is 1. The molecule has 0 aromatic rings. The van der Waals surface area contributed by atoms with E-state index in [-0.39, 0.29) is 6.17 Å². The van der Waals surface area contributed by atoms with Crippen LogP contribution in [0.5, 0.6) is 0 Å². The molecule has 0 aromatic carbocycles. The average molecular weight is 162 g/mol. The third-order valence-corrected chi connectivity index (χ3v) is 3.85. The topological polar surface area (TPSA) is 47.3 Å². The highest BCUT2D eigenvalue weighted by Gasteiger charge is 2.08. The van der Waals surface area contributed by atoms with Crippen LogP contribution in [0.4, 0.5) is 0 Å². The maximum atomic E-state index is 5.54. The molecule has 3 nitrogen and oxygen atoms in total. The van der Waals surface area contributed by atoms with Crippen molar-refractivity contribution in [3.63, 3.8) is 0 Å². The van der Waals surface area contributed by atoms with Crippen molar-refractivity contribution in [3.8, 4) is 0 Å². The second-order valence-corrected chi connectivity index (χ2v) is 4.83. The molecule has 0 bridgehead atoms. The molecule has 0 aliphatic carbocycles. The van der Waals surface area contributed by atoms with Gasteiger partial charge in [0.15, 0.2) is 0 Å². The highest BCUT2D eigenvalue weighted by Crippen LogP contribution is 1.94. The van der Waals surface area contributed by atoms with Crippen LogP contribution >= 0.6 is 0 Å². The molecule has 4 heteroatoms. The van der Waals surface area contributed by atoms with Crippen molar-refractivity contribution in [3.05, 3.63) is 0 Å². The van der Waals surface area contributed by atoms with E-state index in [4.69, 9.17) is 10.2 Å². The summed E-state index contributed by atoms with van der Waals surface area (Å²) in [7, 11) is 0.606. The predicted molar refractivity (Wildman–Crippen MR) is 46.0 cm³/mol. The molecule has 0 spiro atoms. The summed E-state index contributed by atoms with van der Waals surface area (Å²) in [6.07, 6.45) is 1.24. The van der Waals surface area contributed by atoms with Crippen LogP contribution in [0.2, 0.25) is 6.04 Å². The Morgan fingerprint density at radius 1 is 1.70 bits per heavy atom. The van der Waals surface area contributed by atoms with Crippen molar-refractivity contribution >= 4 is 9.20 Å². The zero-order valence-electron chi connectivity index (χ0n) is 7.05. The Bertz CT molecular complexity index is 80.1. The van der Waals surface area contributed by atoms with E-state index < -0.39 is 9.20 Å². The van der Waals surface area contributed by atoms with Gasteiger partial charge in [-0.2, -0.15) is 0 Å². The van der Waals surface area contributed by atoms with E-state index in [0.29, 0.717) is 0 Å². The van der Waals surface area contributed by atoms with Gasteiger partial charge in [0.1, 0.15) is 0 Å². The van der Waals surface area contributed by atoms with Gasteiger partial charge in [-0.25, -0.2) is 0 Å². The zero-order chi connectivity index (χ0) is 7.98. The van der Waals surface area contributed by atoms with E-state index in [2.05, 4.69) is 11.9 Å². The van der Waals surface area contributed by atoms with Gasteiger partial charge in [-0.1, -0.05) is 13.3 Å². The Labute approximate surface area is 64.7 Å². The quantitative estimate of drug-likeness (QED) is 0.447. The van der Waals surface area contributed by atoms with Crippen molar-refractivity contribution < 1.29 is 4.43 Å². The van der Waals surface area contributed by atoms with Crippen LogP contribution in [0.25, 0.3) is 0 Å². The molecule has 10 heavy (non-hydrogen) atoms. The monoisotopic (exact) mass is 162 g/mol. The van der Waals surface area contributed by atoms with E-state index in [1.54, 1.807) is 7.11 Å². The van der Waals surface area contributed by atoms with E-state index in [0.717, 1.165) is 6.04 Å². The SMILES string of the molecule is CCC[SiH](NC(C)N)OC. The highest BCUT2D eigenvalue weighted by molar-refractivity contribution is 6.48. The third kappa shape index (κ3) is 4.93. The minimum absolute atomic E-state index is 0.0724. The molecule has 0 aliphatic rings. The van der Waals surface area contributed by atoms with E-state index in [1.165, 1.54) is 6.42 Å². The lowest BCUT2D eigenvalue weighted by atomic mass is 10.6. The fourth-order valence-corrected chi connectivity index (χ4v) is 2.47. The number of hydrogen-bond acceptors (Lipinski definition) is 3. The lowest BCUT2D eigenvalue weighted by molar-refractivity contribution is 0.397. The van der Waals surface area contributed by atoms with Crippen LogP contribution in [-0.4, -0.2) is 22.5 Å². The van der Waals surface area contributed by atoms with Crippen molar-refractivity contribution in [1.29, 1.82) is 0 Å². The Kier molecular flexibility index (Phi) is 5.91. The Morgan fingerprint density at radius 2 is 2.30 bits per heavy atom. The number of rotatable bonds is 5. The summed E-state index contributed by atoms with van der Waals surface area (Å²) < 4.78 is 5.25. The largest absolute Gasteiger partial charge is 0.409 e. The normalized spacial score (nSPS) is 16.8. The molecule has 2 unspecified atom stereocenters. The van der Waals surface area contributed by atoms with Crippen LogP contribution in [0.15, 0.2) is 0 Å². The van der Waals surface area contributed by atoms with Crippen LogP contribution in [-0.2, 0) is 4.43 Å². The second kappa shape index (κ2) is 5.85. The van der Waals surface area contributed by atoms with Crippen molar-refractivity contribution in [1.82, 2.24) is 4.98 Å². The number of hydrogen-bond donors (Lipinski definition) is 2. The van der Waals surface area contributed by atoms with E-state index >= 15 is 0 Å². The van der Waals surface area contributed by atoms with Gasteiger partial charge in [0.05, 0.1) is 0 Å². The maximum absolute atomic E-state index is 5.54. The van der Waals surface area contributed by atoms with E-state index in [1.807, 2.05) is 6.92 Å². The Morgan fingerprint density at radius 3 is 2.60 bits per heavy atom. The molecule has 0 rings (SSSR count). The Hall–Kier alpha value is 0.0969. The molecule has 3 N–H and O–H groups in total. The molecule has 0 amide bonds. The summed E-state index contributed by atoms with van der Waals surface area (Å²) in [5, 5.41) is 0. The zero-order valence-corrected chi connectivity index (χ0v) is 8.21. The standard InChI is InChI=1S/C6H18N2OSi/c1-4-5-10(9-3)8-6(2)7/h6,8,10H,4-5,7H2,1-3H3. The molecule has 0 heterocycles. The molecular formula is C6H18N2OSi. The van der Waals surface area contributed by atoms with Gasteiger partial charge in [0, 0.05) is 13.3 Å². The summed E-state index contributed by atoms with van der Waals surface area (Å²) >= 11 is 0. The summed E-state index contributed by atoms with van der Waals surface area (Å²) in [4.78, 5) is 3.22. The number of nitrogens with two attached hydrogens (primary N) is 1. The lowest BCUT2D eigenvalue weighted by Gasteiger charge is -2.16. The van der Waals surface area contributed by atoms with Crippen LogP contribution in [0.1, 0.15) is 20.3 Å². The van der Waals surface area contributed by atoms with Crippen LogP contribution in [0.3, 0.4) is 0 Å². The summed E-state index contributed by atoms with van der Waals surface area (Å²) in [5.74, 6) is 0. The third-order valence-electron chi connectivity index (χ3n) is 1.28. The van der Waals surface area contributed by atoms with E-state index in [9.17, 15) is 0 Å². The minimum atomic E-state index is -1.15. The Balaban J connectivity index is 3.39. The van der Waals surface area contributed by atoms with Crippen molar-refractivity contribution in [2.45, 2.75) is 32.5 Å². The van der Waals surface area contributed by atoms with Crippen LogP contribution < -0.4 is 10.7 Å². The van der Waals surface area contributed by atoms with Gasteiger partial charge >= 0.3 is 0 Å². The van der Waals surface area contributed by atoms with Gasteiger partial charge in [0.25, 0.3) is 9.20 Å². The molecule has 0 aliphatic heterocycles. The molecule has 0 aromatic heterocycles. The second-order valence-electron chi connectivity index (χ2n) is 2.47. The maximum Gasteiger partial charge on any atom is 0.253 e. The molecule has 2 atom stereocenters. The lowest BCUT2D eigenvalue weighted by Crippen LogP contribution is -2.46. The van der Waals surface area contributed by atoms with Gasteiger partial charge in [-0.05, 0) is 13.0 Å². The van der Waals surface area contributed by atoms with Gasteiger partial charge in [-0.3, -0.25) is 0 Å². The first-order chi connectivity index (χ1) is 4.70. The summed E-state index contributed by atoms with van der Waals surface area (Å²) in [6.45, 7) is 4.09. The molecule has 0 fully saturated rings. The van der Waals surface area contributed by atoms with Crippen LogP contribution in [0, 0.1) is 0 Å². The summed E-state index contributed by atoms with van der Waals surface area (Å²) in [5.41, 5.74) is 5.54. The van der Waals surface area contributed by atoms with Gasteiger partial charge in [0.2, 0.25) is 0 Å². The molecular weight excluding hydrogens is 144 g/mol. The first kappa shape index (κ1) is 10.1. The fraction of sp³-hybridized carbons (Fsp3) is 1.00. The molecule has 0 radical (unpaired) electrons. The van der Waals surface area contributed by atoms with Gasteiger partial charge < -0.3 is 15.1 Å². The molecule has 0 saturated heterocycles. The van der Waals surface area contributed by atoms with Crippen molar-refractivity contribution in [2.24, 2.45) is 5.73 Å². The first-order valence-electron chi connectivity index (χ1n) is 3.75. The summed E-state index contributed by atoms with van der Waals surface area (Å²) in [6, 6.07) is 1.15. The van der Waals surface area contributed by atoms with Gasteiger partial charge in [-0.15, -0.1) is 0 Å². The predicted octanol–water partition coefficient (Wildman–Crippen LogP) is 0.158. The fourth-order valence-electron chi connectivity index (χ4n) is 0.825. The average Bonchev–Trinajstić information content (AvgIpc) is 1.86. The molecule has 62 valence electrons. The van der Waals surface area contributed by atoms with Crippen molar-refractivity contribution in [2.75, 3.05) is 7.11 Å². The highest BCUT2D eigenvalue weighted by atomic mass is 28.3. The molecule has 0 saturated carbocycles. The first-order valence-corrected chi connectivity index (χ1v) is 5.61. The smallest absolute Gasteiger partial charge is 0.253 e. The minimum Gasteiger partial charge on any atom is -0.409 e.